The molecule has 2 aromatic rings. The third-order valence-corrected chi connectivity index (χ3v) is 3.31. The van der Waals surface area contributed by atoms with Crippen LogP contribution in [0.15, 0.2) is 71.8 Å². The third kappa shape index (κ3) is 5.05. The molecule has 0 aromatic heterocycles. The van der Waals surface area contributed by atoms with Crippen LogP contribution in [-0.2, 0) is 32.3 Å². The Morgan fingerprint density at radius 2 is 1.04 bits per heavy atom. The zero-order valence-corrected chi connectivity index (χ0v) is 13.7. The number of rotatable bonds is 6. The zero-order valence-electron chi connectivity index (χ0n) is 13.7. The van der Waals surface area contributed by atoms with Gasteiger partial charge in [-0.15, -0.1) is 0 Å². The summed E-state index contributed by atoms with van der Waals surface area (Å²) < 4.78 is 10.00. The molecule has 0 heterocycles. The van der Waals surface area contributed by atoms with E-state index in [1.54, 1.807) is 60.7 Å². The highest BCUT2D eigenvalue weighted by molar-refractivity contribution is 6.05. The summed E-state index contributed by atoms with van der Waals surface area (Å²) in [5.74, 6) is -2.10. The number of benzene rings is 2. The predicted molar refractivity (Wildman–Crippen MR) is 90.7 cm³/mol. The highest BCUT2D eigenvalue weighted by Gasteiger charge is 2.24. The first-order valence-corrected chi connectivity index (χ1v) is 7.62. The molecule has 0 aliphatic carbocycles. The summed E-state index contributed by atoms with van der Waals surface area (Å²) in [6.07, 6.45) is 0. The van der Waals surface area contributed by atoms with Crippen LogP contribution in [-0.4, -0.2) is 11.9 Å². The van der Waals surface area contributed by atoms with E-state index in [0.717, 1.165) is 0 Å². The number of hydrogen-bond donors (Lipinski definition) is 0. The summed E-state index contributed by atoms with van der Waals surface area (Å²) in [4.78, 5) is 24.1. The molecular weight excluding hydrogens is 332 g/mol. The Balaban J connectivity index is 2.07. The number of hydrogen-bond acceptors (Lipinski definition) is 6. The van der Waals surface area contributed by atoms with E-state index in [9.17, 15) is 9.59 Å². The lowest BCUT2D eigenvalue weighted by Crippen LogP contribution is -2.15. The lowest BCUT2D eigenvalue weighted by atomic mass is 10.1. The molecule has 0 spiro atoms. The van der Waals surface area contributed by atoms with Crippen LogP contribution >= 0.6 is 0 Å². The Hall–Kier alpha value is -3.90. The number of esters is 2. The molecular formula is C20H14N2O4. The smallest absolute Gasteiger partial charge is 0.350 e. The van der Waals surface area contributed by atoms with Crippen molar-refractivity contribution in [2.24, 2.45) is 0 Å². The number of ether oxygens (including phenoxy) is 2. The standard InChI is InChI=1S/C20H14N2O4/c21-11-17(19(23)25-13-15-7-3-1-4-8-15)18(12-22)20(24)26-14-16-9-5-2-6-10-16/h1-10H,13-14H2/b18-17+. The number of carbonyl (C=O) groups is 2. The van der Waals surface area contributed by atoms with Gasteiger partial charge in [-0.25, -0.2) is 9.59 Å². The molecule has 6 nitrogen and oxygen atoms in total. The van der Waals surface area contributed by atoms with Gasteiger partial charge >= 0.3 is 11.9 Å². The first-order chi connectivity index (χ1) is 12.7. The van der Waals surface area contributed by atoms with E-state index in [4.69, 9.17) is 20.0 Å². The summed E-state index contributed by atoms with van der Waals surface area (Å²) >= 11 is 0. The van der Waals surface area contributed by atoms with Gasteiger partial charge in [-0.3, -0.25) is 0 Å². The van der Waals surface area contributed by atoms with Crippen LogP contribution in [0.4, 0.5) is 0 Å². The van der Waals surface area contributed by atoms with Crippen LogP contribution in [0.5, 0.6) is 0 Å². The molecule has 0 saturated heterocycles. The Bertz CT molecular complexity index is 815. The largest absolute Gasteiger partial charge is 0.457 e. The van der Waals surface area contributed by atoms with Crippen molar-refractivity contribution < 1.29 is 19.1 Å². The van der Waals surface area contributed by atoms with Gasteiger partial charge in [0, 0.05) is 0 Å². The summed E-state index contributed by atoms with van der Waals surface area (Å²) in [6, 6.07) is 20.7. The second kappa shape index (κ2) is 9.41. The molecule has 2 rings (SSSR count). The predicted octanol–water partition coefficient (Wildman–Crippen LogP) is 2.82. The average Bonchev–Trinajstić information content (AvgIpc) is 2.69. The molecule has 0 aliphatic heterocycles. The molecule has 0 fully saturated rings. The molecule has 128 valence electrons. The van der Waals surface area contributed by atoms with Crippen LogP contribution in [0, 0.1) is 22.7 Å². The van der Waals surface area contributed by atoms with Gasteiger partial charge in [-0.1, -0.05) is 60.7 Å². The molecule has 0 saturated carbocycles. The van der Waals surface area contributed by atoms with Gasteiger partial charge in [0.25, 0.3) is 0 Å². The molecule has 2 aromatic carbocycles. The van der Waals surface area contributed by atoms with Crippen molar-refractivity contribution in [2.45, 2.75) is 13.2 Å². The minimum absolute atomic E-state index is 0.0807. The van der Waals surface area contributed by atoms with Gasteiger partial charge in [-0.2, -0.15) is 10.5 Å². The Morgan fingerprint density at radius 3 is 1.35 bits per heavy atom. The fourth-order valence-corrected chi connectivity index (χ4v) is 2.00. The fourth-order valence-electron chi connectivity index (χ4n) is 2.00. The van der Waals surface area contributed by atoms with Crippen molar-refractivity contribution in [2.75, 3.05) is 0 Å². The molecule has 0 atom stereocenters. The molecule has 6 heteroatoms. The van der Waals surface area contributed by atoms with Crippen molar-refractivity contribution in [3.05, 3.63) is 82.9 Å². The zero-order chi connectivity index (χ0) is 18.8. The number of carbonyl (C=O) groups excluding carboxylic acids is 2. The number of nitrogens with zero attached hydrogens (tertiary/aromatic N) is 2. The monoisotopic (exact) mass is 346 g/mol. The van der Waals surface area contributed by atoms with E-state index >= 15 is 0 Å². The minimum Gasteiger partial charge on any atom is -0.457 e. The van der Waals surface area contributed by atoms with Crippen LogP contribution in [0.3, 0.4) is 0 Å². The molecule has 0 N–H and O–H groups in total. The summed E-state index contributed by atoms with van der Waals surface area (Å²) in [5, 5.41) is 18.3. The Labute approximate surface area is 150 Å². The summed E-state index contributed by atoms with van der Waals surface area (Å²) in [6.45, 7) is -0.161. The fraction of sp³-hybridized carbons (Fsp3) is 0.100. The lowest BCUT2D eigenvalue weighted by molar-refractivity contribution is -0.142. The van der Waals surface area contributed by atoms with Crippen LogP contribution in [0.2, 0.25) is 0 Å². The number of nitriles is 2. The van der Waals surface area contributed by atoms with Crippen molar-refractivity contribution in [1.29, 1.82) is 10.5 Å². The molecule has 0 amide bonds. The van der Waals surface area contributed by atoms with Crippen molar-refractivity contribution in [3.63, 3.8) is 0 Å². The van der Waals surface area contributed by atoms with Crippen LogP contribution in [0.1, 0.15) is 11.1 Å². The molecule has 0 unspecified atom stereocenters. The second-order valence-corrected chi connectivity index (χ2v) is 5.10. The van der Waals surface area contributed by atoms with Gasteiger partial charge in [0.05, 0.1) is 0 Å². The van der Waals surface area contributed by atoms with E-state index in [0.29, 0.717) is 11.1 Å². The SMILES string of the molecule is N#C/C(C(=O)OCc1ccccc1)=C(/C#N)C(=O)OCc1ccccc1. The van der Waals surface area contributed by atoms with E-state index < -0.39 is 23.1 Å². The highest BCUT2D eigenvalue weighted by atomic mass is 16.5. The van der Waals surface area contributed by atoms with E-state index in [2.05, 4.69) is 0 Å². The van der Waals surface area contributed by atoms with Crippen molar-refractivity contribution in [1.82, 2.24) is 0 Å². The first kappa shape index (κ1) is 18.4. The Morgan fingerprint density at radius 1 is 0.692 bits per heavy atom. The third-order valence-electron chi connectivity index (χ3n) is 3.31. The first-order valence-electron chi connectivity index (χ1n) is 7.62. The van der Waals surface area contributed by atoms with E-state index in [1.165, 1.54) is 0 Å². The minimum atomic E-state index is -1.05. The van der Waals surface area contributed by atoms with E-state index in [-0.39, 0.29) is 13.2 Å². The molecule has 0 aliphatic rings. The molecule has 0 bridgehead atoms. The topological polar surface area (TPSA) is 100 Å². The maximum Gasteiger partial charge on any atom is 0.350 e. The Kier molecular flexibility index (Phi) is 6.67. The maximum atomic E-state index is 12.1. The summed E-state index contributed by atoms with van der Waals surface area (Å²) in [5.41, 5.74) is 0.0644. The van der Waals surface area contributed by atoms with E-state index in [1.807, 2.05) is 12.1 Å². The maximum absolute atomic E-state index is 12.1. The van der Waals surface area contributed by atoms with Gasteiger partial charge in [0.2, 0.25) is 0 Å². The summed E-state index contributed by atoms with van der Waals surface area (Å²) in [7, 11) is 0. The molecule has 0 radical (unpaired) electrons. The lowest BCUT2D eigenvalue weighted by Gasteiger charge is -2.07. The second-order valence-electron chi connectivity index (χ2n) is 5.10. The average molecular weight is 346 g/mol. The normalized spacial score (nSPS) is 10.7. The van der Waals surface area contributed by atoms with Crippen LogP contribution in [0.25, 0.3) is 0 Å². The van der Waals surface area contributed by atoms with Crippen LogP contribution < -0.4 is 0 Å². The highest BCUT2D eigenvalue weighted by Crippen LogP contribution is 2.11. The van der Waals surface area contributed by atoms with Gasteiger partial charge < -0.3 is 9.47 Å². The van der Waals surface area contributed by atoms with Crippen molar-refractivity contribution in [3.8, 4) is 12.1 Å². The van der Waals surface area contributed by atoms with Gasteiger partial charge in [0.1, 0.15) is 25.4 Å². The van der Waals surface area contributed by atoms with Crippen molar-refractivity contribution >= 4 is 11.9 Å². The quantitative estimate of drug-likeness (QED) is 0.453. The van der Waals surface area contributed by atoms with Gasteiger partial charge in [0.15, 0.2) is 11.1 Å². The molecule has 26 heavy (non-hydrogen) atoms. The van der Waals surface area contributed by atoms with Gasteiger partial charge in [-0.05, 0) is 11.1 Å².